The molecule has 0 aliphatic rings. The molecule has 0 spiro atoms. The summed E-state index contributed by atoms with van der Waals surface area (Å²) in [6.45, 7) is 0. The van der Waals surface area contributed by atoms with Gasteiger partial charge in [-0.05, 0) is 0 Å². The van der Waals surface area contributed by atoms with E-state index in [1.165, 1.54) is 0 Å². The van der Waals surface area contributed by atoms with Crippen molar-refractivity contribution in [3.8, 4) is 0 Å². The van der Waals surface area contributed by atoms with Crippen LogP contribution >= 0.6 is 0 Å². The molecule has 1 rings (SSSR count). The molecule has 0 fully saturated rings. The topological polar surface area (TPSA) is 209 Å². The van der Waals surface area contributed by atoms with Crippen LogP contribution < -0.4 is 11.9 Å². The fraction of sp³-hybridized carbons (Fsp3) is 0. The summed E-state index contributed by atoms with van der Waals surface area (Å²) < 4.78 is 0. The largest absolute Gasteiger partial charge is 0.503 e. The van der Waals surface area contributed by atoms with Crippen LogP contribution in [-0.2, 0) is 0 Å². The molecule has 1 aromatic rings. The number of hydrogen-bond donors (Lipinski definition) is 7. The van der Waals surface area contributed by atoms with Crippen LogP contribution in [0.1, 0.15) is 5.56 Å². The second-order valence-electron chi connectivity index (χ2n) is 2.42. The summed E-state index contributed by atoms with van der Waals surface area (Å²) in [4.78, 5) is 17.1. The van der Waals surface area contributed by atoms with E-state index in [0.717, 1.165) is 5.56 Å². The van der Waals surface area contributed by atoms with E-state index < -0.39 is 12.3 Å². The first-order valence-electron chi connectivity index (χ1n) is 4.18. The average molecular weight is 277 g/mol. The van der Waals surface area contributed by atoms with Crippen LogP contribution in [0.5, 0.6) is 0 Å². The summed E-state index contributed by atoms with van der Waals surface area (Å²) in [5.41, 5.74) is 6.02. The SMILES string of the molecule is N.NC(=NO)c1ccccc1.O=C(O)O.O=C(O)O. The number of nitrogens with two attached hydrogens (primary N) is 1. The lowest BCUT2D eigenvalue weighted by Crippen LogP contribution is -2.12. The maximum Gasteiger partial charge on any atom is 0.503 e. The smallest absolute Gasteiger partial charge is 0.450 e. The maximum absolute atomic E-state index is 8.56. The molecule has 0 radical (unpaired) electrons. The van der Waals surface area contributed by atoms with Gasteiger partial charge in [-0.15, -0.1) is 0 Å². The van der Waals surface area contributed by atoms with Gasteiger partial charge in [0.15, 0.2) is 5.84 Å². The first kappa shape index (κ1) is 21.3. The van der Waals surface area contributed by atoms with E-state index in [9.17, 15) is 0 Å². The molecule has 0 saturated carbocycles. The Kier molecular flexibility index (Phi) is 14.6. The summed E-state index contributed by atoms with van der Waals surface area (Å²) in [5, 5.41) is 39.0. The number of rotatable bonds is 1. The van der Waals surface area contributed by atoms with Crippen LogP contribution in [0.15, 0.2) is 35.5 Å². The highest BCUT2D eigenvalue weighted by molar-refractivity contribution is 5.96. The van der Waals surface area contributed by atoms with Crippen molar-refractivity contribution < 1.29 is 35.2 Å². The third-order valence-electron chi connectivity index (χ3n) is 1.18. The number of amidine groups is 1. The first-order chi connectivity index (χ1) is 8.31. The van der Waals surface area contributed by atoms with Crippen molar-refractivity contribution in [1.29, 1.82) is 0 Å². The molecule has 10 N–H and O–H groups in total. The van der Waals surface area contributed by atoms with E-state index in [-0.39, 0.29) is 12.0 Å². The maximum atomic E-state index is 8.56. The molecule has 0 aliphatic heterocycles. The summed E-state index contributed by atoms with van der Waals surface area (Å²) in [7, 11) is 0. The summed E-state index contributed by atoms with van der Waals surface area (Å²) >= 11 is 0. The summed E-state index contributed by atoms with van der Waals surface area (Å²) in [5.74, 6) is 0.139. The standard InChI is InChI=1S/C7H8N2O.2CH2O3.H3N/c8-7(9-10)6-4-2-1-3-5-6;2*2-1(3)4;/h1-5,10H,(H2,8,9);2*(H2,2,3,4);1H3. The van der Waals surface area contributed by atoms with E-state index in [0.29, 0.717) is 0 Å². The molecule has 0 aromatic heterocycles. The Balaban J connectivity index is -0.000000242. The predicted octanol–water partition coefficient (Wildman–Crippen LogP) is 1.39. The Labute approximate surface area is 107 Å². The van der Waals surface area contributed by atoms with Crippen molar-refractivity contribution in [3.05, 3.63) is 35.9 Å². The molecule has 10 heteroatoms. The van der Waals surface area contributed by atoms with Crippen LogP contribution in [-0.4, -0.2) is 43.8 Å². The lowest BCUT2D eigenvalue weighted by Gasteiger charge is -1.94. The Bertz CT molecular complexity index is 374. The molecule has 19 heavy (non-hydrogen) atoms. The quantitative estimate of drug-likeness (QED) is 0.171. The zero-order valence-electron chi connectivity index (χ0n) is 9.67. The number of nitrogens with zero attached hydrogens (tertiary/aromatic N) is 1. The number of carbonyl (C=O) groups is 2. The van der Waals surface area contributed by atoms with Crippen molar-refractivity contribution in [1.82, 2.24) is 6.15 Å². The molecular formula is C9H15N3O7. The lowest BCUT2D eigenvalue weighted by molar-refractivity contribution is 0.135. The molecule has 10 nitrogen and oxygen atoms in total. The van der Waals surface area contributed by atoms with E-state index in [2.05, 4.69) is 5.16 Å². The molecule has 0 aliphatic carbocycles. The zero-order chi connectivity index (χ0) is 14.6. The minimum Gasteiger partial charge on any atom is -0.450 e. The minimum absolute atomic E-state index is 0. The molecule has 0 bridgehead atoms. The minimum atomic E-state index is -1.83. The van der Waals surface area contributed by atoms with Crippen molar-refractivity contribution >= 4 is 18.1 Å². The summed E-state index contributed by atoms with van der Waals surface area (Å²) in [6, 6.07) is 9.07. The van der Waals surface area contributed by atoms with Gasteiger partial charge in [0.2, 0.25) is 0 Å². The highest BCUT2D eigenvalue weighted by Gasteiger charge is 1.93. The van der Waals surface area contributed by atoms with Gasteiger partial charge in [-0.2, -0.15) is 0 Å². The Morgan fingerprint density at radius 2 is 1.26 bits per heavy atom. The highest BCUT2D eigenvalue weighted by atomic mass is 16.6. The highest BCUT2D eigenvalue weighted by Crippen LogP contribution is 1.96. The molecule has 108 valence electrons. The first-order valence-corrected chi connectivity index (χ1v) is 4.18. The van der Waals surface area contributed by atoms with Crippen LogP contribution in [0.2, 0.25) is 0 Å². The third kappa shape index (κ3) is 20.9. The van der Waals surface area contributed by atoms with Gasteiger partial charge in [-0.1, -0.05) is 35.5 Å². The number of hydrogen-bond acceptors (Lipinski definition) is 5. The van der Waals surface area contributed by atoms with Gasteiger partial charge in [0.05, 0.1) is 0 Å². The van der Waals surface area contributed by atoms with Crippen LogP contribution in [0.25, 0.3) is 0 Å². The second kappa shape index (κ2) is 13.1. The second-order valence-corrected chi connectivity index (χ2v) is 2.42. The lowest BCUT2D eigenvalue weighted by atomic mass is 10.2. The molecule has 0 saturated heterocycles. The van der Waals surface area contributed by atoms with Gasteiger partial charge in [0.1, 0.15) is 0 Å². The van der Waals surface area contributed by atoms with Crippen molar-refractivity contribution in [3.63, 3.8) is 0 Å². The molecule has 0 unspecified atom stereocenters. The third-order valence-corrected chi connectivity index (χ3v) is 1.18. The van der Waals surface area contributed by atoms with Gasteiger partial charge in [0, 0.05) is 5.56 Å². The predicted molar refractivity (Wildman–Crippen MR) is 65.3 cm³/mol. The molecule has 0 atom stereocenters. The van der Waals surface area contributed by atoms with Crippen molar-refractivity contribution in [2.24, 2.45) is 10.9 Å². The van der Waals surface area contributed by atoms with Crippen molar-refractivity contribution in [2.45, 2.75) is 0 Å². The Morgan fingerprint density at radius 1 is 0.947 bits per heavy atom. The van der Waals surface area contributed by atoms with Crippen LogP contribution in [0.4, 0.5) is 9.59 Å². The molecular weight excluding hydrogens is 262 g/mol. The summed E-state index contributed by atoms with van der Waals surface area (Å²) in [6.07, 6.45) is -3.67. The van der Waals surface area contributed by atoms with E-state index >= 15 is 0 Å². The van der Waals surface area contributed by atoms with Gasteiger partial charge in [-0.25, -0.2) is 9.59 Å². The molecule has 1 aromatic carbocycles. The normalized spacial score (nSPS) is 8.53. The van der Waals surface area contributed by atoms with Crippen LogP contribution in [0, 0.1) is 0 Å². The van der Waals surface area contributed by atoms with E-state index in [1.54, 1.807) is 12.1 Å². The molecule has 0 amide bonds. The Morgan fingerprint density at radius 3 is 1.53 bits per heavy atom. The van der Waals surface area contributed by atoms with Crippen molar-refractivity contribution in [2.75, 3.05) is 0 Å². The van der Waals surface area contributed by atoms with E-state index in [1.807, 2.05) is 18.2 Å². The Hall–Kier alpha value is -3.01. The number of benzene rings is 1. The monoisotopic (exact) mass is 277 g/mol. The fourth-order valence-corrected chi connectivity index (χ4v) is 0.667. The average Bonchev–Trinajstić information content (AvgIpc) is 2.28. The van der Waals surface area contributed by atoms with Gasteiger partial charge in [0.25, 0.3) is 0 Å². The zero-order valence-corrected chi connectivity index (χ0v) is 9.67. The van der Waals surface area contributed by atoms with E-state index in [4.69, 9.17) is 41.0 Å². The van der Waals surface area contributed by atoms with Crippen LogP contribution in [0.3, 0.4) is 0 Å². The number of carboxylic acid groups (broad SMARTS) is 4. The van der Waals surface area contributed by atoms with Gasteiger partial charge < -0.3 is 37.5 Å². The van der Waals surface area contributed by atoms with Gasteiger partial charge >= 0.3 is 12.3 Å². The van der Waals surface area contributed by atoms with Gasteiger partial charge in [-0.3, -0.25) is 0 Å². The number of oxime groups is 1. The molecule has 0 heterocycles. The fourth-order valence-electron chi connectivity index (χ4n) is 0.667.